The Labute approximate surface area is 133 Å². The fraction of sp³-hybridized carbons (Fsp3) is 0.286. The van der Waals surface area contributed by atoms with Crippen LogP contribution in [0.5, 0.6) is 0 Å². The van der Waals surface area contributed by atoms with Crippen molar-refractivity contribution in [2.24, 2.45) is 7.05 Å². The summed E-state index contributed by atoms with van der Waals surface area (Å²) in [5, 5.41) is 7.42. The van der Waals surface area contributed by atoms with Gasteiger partial charge >= 0.3 is 0 Å². The van der Waals surface area contributed by atoms with E-state index < -0.39 is 0 Å². The first kappa shape index (κ1) is 13.8. The minimum Gasteiger partial charge on any atom is -0.379 e. The van der Waals surface area contributed by atoms with Gasteiger partial charge in [-0.2, -0.15) is 5.10 Å². The van der Waals surface area contributed by atoms with E-state index >= 15 is 0 Å². The number of anilines is 1. The molecule has 6 heteroatoms. The molecule has 1 aromatic heterocycles. The summed E-state index contributed by atoms with van der Waals surface area (Å²) in [6.45, 7) is 0. The quantitative estimate of drug-likeness (QED) is 0.862. The summed E-state index contributed by atoms with van der Waals surface area (Å²) in [6.07, 6.45) is 2.74. The second-order valence-electron chi connectivity index (χ2n) is 4.92. The smallest absolute Gasteiger partial charge is 0.282 e. The zero-order valence-electron chi connectivity index (χ0n) is 10.8. The Morgan fingerprint density at radius 1 is 1.35 bits per heavy atom. The van der Waals surface area contributed by atoms with Crippen molar-refractivity contribution in [3.8, 4) is 0 Å². The van der Waals surface area contributed by atoms with Gasteiger partial charge in [-0.25, -0.2) is 4.68 Å². The normalized spacial score (nSPS) is 20.8. The van der Waals surface area contributed by atoms with Crippen molar-refractivity contribution in [3.63, 3.8) is 0 Å². The molecule has 0 amide bonds. The second-order valence-corrected chi connectivity index (χ2v) is 6.56. The van der Waals surface area contributed by atoms with Crippen LogP contribution < -0.4 is 10.9 Å². The summed E-state index contributed by atoms with van der Waals surface area (Å²) in [6, 6.07) is 8.60. The molecule has 2 atom stereocenters. The molecular formula is C14H13Br2N3O. The highest BCUT2D eigenvalue weighted by Gasteiger charge is 2.39. The number of halogens is 2. The molecule has 0 saturated heterocycles. The minimum absolute atomic E-state index is 0.131. The summed E-state index contributed by atoms with van der Waals surface area (Å²) in [5.41, 5.74) is 1.93. The molecule has 0 aliphatic heterocycles. The van der Waals surface area contributed by atoms with Gasteiger partial charge in [0, 0.05) is 23.5 Å². The van der Waals surface area contributed by atoms with Crippen LogP contribution in [0.25, 0.3) is 0 Å². The van der Waals surface area contributed by atoms with Crippen LogP contribution in [0.4, 0.5) is 5.69 Å². The molecule has 1 heterocycles. The Kier molecular flexibility index (Phi) is 3.69. The molecule has 104 valence electrons. The van der Waals surface area contributed by atoms with Crippen LogP contribution in [0, 0.1) is 0 Å². The van der Waals surface area contributed by atoms with E-state index in [1.54, 1.807) is 13.2 Å². The van der Waals surface area contributed by atoms with E-state index in [2.05, 4.69) is 54.4 Å². The molecule has 1 fully saturated rings. The van der Waals surface area contributed by atoms with Gasteiger partial charge in [0.25, 0.3) is 5.56 Å². The van der Waals surface area contributed by atoms with Crippen LogP contribution in [-0.4, -0.2) is 15.8 Å². The second kappa shape index (κ2) is 5.33. The van der Waals surface area contributed by atoms with Crippen molar-refractivity contribution in [2.45, 2.75) is 18.4 Å². The van der Waals surface area contributed by atoms with E-state index in [-0.39, 0.29) is 5.56 Å². The number of hydrogen-bond donors (Lipinski definition) is 1. The predicted octanol–water partition coefficient (Wildman–Crippen LogP) is 3.27. The highest BCUT2D eigenvalue weighted by Crippen LogP contribution is 2.45. The van der Waals surface area contributed by atoms with Crippen LogP contribution in [0.2, 0.25) is 0 Å². The molecule has 4 nitrogen and oxygen atoms in total. The maximum absolute atomic E-state index is 11.8. The van der Waals surface area contributed by atoms with Crippen LogP contribution in [0.1, 0.15) is 17.9 Å². The Morgan fingerprint density at radius 3 is 2.85 bits per heavy atom. The average Bonchev–Trinajstić information content (AvgIpc) is 3.19. The fourth-order valence-corrected chi connectivity index (χ4v) is 3.34. The lowest BCUT2D eigenvalue weighted by Crippen LogP contribution is -2.21. The molecule has 0 bridgehead atoms. The summed E-state index contributed by atoms with van der Waals surface area (Å²) in [4.78, 5) is 11.8. The molecule has 1 N–H and O–H groups in total. The Balaban J connectivity index is 1.78. The molecular weight excluding hydrogens is 386 g/mol. The maximum atomic E-state index is 11.8. The van der Waals surface area contributed by atoms with Crippen molar-refractivity contribution in [1.82, 2.24) is 9.78 Å². The van der Waals surface area contributed by atoms with Crippen LogP contribution in [0.3, 0.4) is 0 Å². The highest BCUT2D eigenvalue weighted by molar-refractivity contribution is 9.10. The topological polar surface area (TPSA) is 46.9 Å². The highest BCUT2D eigenvalue weighted by atomic mass is 79.9. The molecule has 1 aliphatic rings. The van der Waals surface area contributed by atoms with Gasteiger partial charge in [-0.1, -0.05) is 34.1 Å². The largest absolute Gasteiger partial charge is 0.379 e. The number of rotatable bonds is 3. The third kappa shape index (κ3) is 2.54. The molecule has 20 heavy (non-hydrogen) atoms. The number of benzene rings is 1. The zero-order chi connectivity index (χ0) is 14.3. The third-order valence-electron chi connectivity index (χ3n) is 3.51. The van der Waals surface area contributed by atoms with Gasteiger partial charge in [-0.05, 0) is 34.0 Å². The van der Waals surface area contributed by atoms with Gasteiger partial charge in [0.05, 0.1) is 11.9 Å². The van der Waals surface area contributed by atoms with Crippen molar-refractivity contribution < 1.29 is 0 Å². The lowest BCUT2D eigenvalue weighted by Gasteiger charge is -2.09. The summed E-state index contributed by atoms with van der Waals surface area (Å²) >= 11 is 6.92. The maximum Gasteiger partial charge on any atom is 0.282 e. The SMILES string of the molecule is Cn1ncc(NC2CC2c2ccccc2Br)c(Br)c1=O. The van der Waals surface area contributed by atoms with E-state index in [1.807, 2.05) is 12.1 Å². The van der Waals surface area contributed by atoms with Gasteiger partial charge in [-0.15, -0.1) is 0 Å². The third-order valence-corrected chi connectivity index (χ3v) is 5.00. The summed E-state index contributed by atoms with van der Waals surface area (Å²) in [7, 11) is 1.64. The fourth-order valence-electron chi connectivity index (χ4n) is 2.29. The molecule has 0 radical (unpaired) electrons. The van der Waals surface area contributed by atoms with E-state index in [9.17, 15) is 4.79 Å². The first-order valence-corrected chi connectivity index (χ1v) is 7.89. The van der Waals surface area contributed by atoms with Crippen LogP contribution in [-0.2, 0) is 7.05 Å². The van der Waals surface area contributed by atoms with Gasteiger partial charge in [0.1, 0.15) is 4.47 Å². The van der Waals surface area contributed by atoms with E-state index in [4.69, 9.17) is 0 Å². The van der Waals surface area contributed by atoms with Gasteiger partial charge in [0.15, 0.2) is 0 Å². The molecule has 2 unspecified atom stereocenters. The van der Waals surface area contributed by atoms with Crippen molar-refractivity contribution in [2.75, 3.05) is 5.32 Å². The molecule has 1 aromatic carbocycles. The lowest BCUT2D eigenvalue weighted by atomic mass is 10.1. The zero-order valence-corrected chi connectivity index (χ0v) is 14.0. The summed E-state index contributed by atoms with van der Waals surface area (Å²) < 4.78 is 2.98. The van der Waals surface area contributed by atoms with Crippen molar-refractivity contribution in [3.05, 3.63) is 55.3 Å². The minimum atomic E-state index is -0.131. The standard InChI is InChI=1S/C14H13Br2N3O/c1-19-14(20)13(16)12(7-17-19)18-11-6-9(11)8-4-2-3-5-10(8)15/h2-5,7,9,11,18H,6H2,1H3. The van der Waals surface area contributed by atoms with Crippen molar-refractivity contribution in [1.29, 1.82) is 0 Å². The molecule has 3 rings (SSSR count). The van der Waals surface area contributed by atoms with Crippen LogP contribution in [0.15, 0.2) is 44.2 Å². The number of hydrogen-bond acceptors (Lipinski definition) is 3. The number of nitrogens with zero attached hydrogens (tertiary/aromatic N) is 2. The van der Waals surface area contributed by atoms with Gasteiger partial charge < -0.3 is 5.32 Å². The Bertz CT molecular complexity index is 714. The molecule has 1 saturated carbocycles. The number of nitrogens with one attached hydrogen (secondary N) is 1. The predicted molar refractivity (Wildman–Crippen MR) is 86.1 cm³/mol. The lowest BCUT2D eigenvalue weighted by molar-refractivity contribution is 0.703. The first-order chi connectivity index (χ1) is 9.58. The van der Waals surface area contributed by atoms with Gasteiger partial charge in [-0.3, -0.25) is 4.79 Å². The van der Waals surface area contributed by atoms with E-state index in [1.165, 1.54) is 10.2 Å². The van der Waals surface area contributed by atoms with E-state index in [0.29, 0.717) is 16.4 Å². The molecule has 0 spiro atoms. The molecule has 2 aromatic rings. The Hall–Kier alpha value is -1.14. The Morgan fingerprint density at radius 2 is 2.10 bits per heavy atom. The number of aryl methyl sites for hydroxylation is 1. The van der Waals surface area contributed by atoms with Gasteiger partial charge in [0.2, 0.25) is 0 Å². The van der Waals surface area contributed by atoms with Crippen molar-refractivity contribution >= 4 is 37.5 Å². The molecule has 1 aliphatic carbocycles. The summed E-state index contributed by atoms with van der Waals surface area (Å²) in [5.74, 6) is 0.474. The monoisotopic (exact) mass is 397 g/mol. The average molecular weight is 399 g/mol. The van der Waals surface area contributed by atoms with E-state index in [0.717, 1.165) is 16.6 Å². The van der Waals surface area contributed by atoms with Crippen LogP contribution >= 0.6 is 31.9 Å². The first-order valence-electron chi connectivity index (χ1n) is 6.30. The number of aromatic nitrogens is 2.